The first kappa shape index (κ1) is 16.5. The van der Waals surface area contributed by atoms with Gasteiger partial charge >= 0.3 is 6.09 Å². The predicted molar refractivity (Wildman–Crippen MR) is 79.6 cm³/mol. The summed E-state index contributed by atoms with van der Waals surface area (Å²) in [7, 11) is 0. The van der Waals surface area contributed by atoms with E-state index in [4.69, 9.17) is 4.74 Å². The van der Waals surface area contributed by atoms with E-state index >= 15 is 0 Å². The Balaban J connectivity index is 2.81. The van der Waals surface area contributed by atoms with Crippen molar-refractivity contribution in [1.29, 1.82) is 0 Å². The van der Waals surface area contributed by atoms with Gasteiger partial charge in [-0.3, -0.25) is 0 Å². The van der Waals surface area contributed by atoms with Crippen LogP contribution in [0.5, 0.6) is 0 Å². The standard InChI is InChI=1S/C15H27N3O2/c1-7-11(3)18-10-16-9-13(18)12(8-2)17-14(19)20-15(4,5)6/h9-12H,7-8H2,1-6H3,(H,17,19)/t11?,12-/m1/s1. The highest BCUT2D eigenvalue weighted by molar-refractivity contribution is 5.68. The minimum Gasteiger partial charge on any atom is -0.444 e. The molecule has 20 heavy (non-hydrogen) atoms. The van der Waals surface area contributed by atoms with E-state index in [-0.39, 0.29) is 12.1 Å². The summed E-state index contributed by atoms with van der Waals surface area (Å²) < 4.78 is 7.43. The first-order chi connectivity index (χ1) is 9.28. The summed E-state index contributed by atoms with van der Waals surface area (Å²) in [5.74, 6) is 0. The SMILES string of the molecule is CCC(C)n1cncc1[C@@H](CC)NC(=O)OC(C)(C)C. The second-order valence-corrected chi connectivity index (χ2v) is 6.09. The first-order valence-electron chi connectivity index (χ1n) is 7.29. The van der Waals surface area contributed by atoms with E-state index in [1.165, 1.54) is 0 Å². The van der Waals surface area contributed by atoms with Crippen LogP contribution in [0.3, 0.4) is 0 Å². The number of imidazole rings is 1. The highest BCUT2D eigenvalue weighted by Gasteiger charge is 2.22. The molecule has 0 saturated carbocycles. The number of alkyl carbamates (subject to hydrolysis) is 1. The van der Waals surface area contributed by atoms with Crippen LogP contribution in [-0.4, -0.2) is 21.2 Å². The van der Waals surface area contributed by atoms with Gasteiger partial charge in [0.05, 0.1) is 24.3 Å². The lowest BCUT2D eigenvalue weighted by molar-refractivity contribution is 0.0499. The summed E-state index contributed by atoms with van der Waals surface area (Å²) in [6, 6.07) is 0.281. The van der Waals surface area contributed by atoms with Crippen molar-refractivity contribution in [2.75, 3.05) is 0 Å². The molecule has 0 fully saturated rings. The van der Waals surface area contributed by atoms with Gasteiger partial charge in [0.2, 0.25) is 0 Å². The van der Waals surface area contributed by atoms with Crippen LogP contribution in [0.15, 0.2) is 12.5 Å². The molecule has 114 valence electrons. The Labute approximate surface area is 121 Å². The number of carbonyl (C=O) groups is 1. The lowest BCUT2D eigenvalue weighted by atomic mass is 10.1. The molecule has 2 atom stereocenters. The molecule has 1 aromatic heterocycles. The Bertz CT molecular complexity index is 435. The van der Waals surface area contributed by atoms with Crippen molar-refractivity contribution in [1.82, 2.24) is 14.9 Å². The van der Waals surface area contributed by atoms with Crippen molar-refractivity contribution < 1.29 is 9.53 Å². The molecule has 1 aromatic rings. The zero-order valence-electron chi connectivity index (χ0n) is 13.4. The molecule has 0 bridgehead atoms. The van der Waals surface area contributed by atoms with E-state index in [1.807, 2.05) is 40.2 Å². The number of hydrogen-bond donors (Lipinski definition) is 1. The number of ether oxygens (including phenoxy) is 1. The van der Waals surface area contributed by atoms with Crippen LogP contribution in [0, 0.1) is 0 Å². The maximum absolute atomic E-state index is 11.9. The Kier molecular flexibility index (Phi) is 5.60. The fourth-order valence-electron chi connectivity index (χ4n) is 1.98. The van der Waals surface area contributed by atoms with Gasteiger partial charge in [-0.2, -0.15) is 0 Å². The number of amides is 1. The molecule has 1 unspecified atom stereocenters. The third kappa shape index (κ3) is 4.54. The topological polar surface area (TPSA) is 56.2 Å². The smallest absolute Gasteiger partial charge is 0.408 e. The number of carbonyl (C=O) groups excluding carboxylic acids is 1. The lowest BCUT2D eigenvalue weighted by Crippen LogP contribution is -2.35. The van der Waals surface area contributed by atoms with Gasteiger partial charge in [-0.1, -0.05) is 13.8 Å². The Morgan fingerprint density at radius 2 is 2.05 bits per heavy atom. The zero-order chi connectivity index (χ0) is 15.3. The van der Waals surface area contributed by atoms with Gasteiger partial charge in [0.25, 0.3) is 0 Å². The van der Waals surface area contributed by atoms with E-state index in [9.17, 15) is 4.79 Å². The molecule has 1 heterocycles. The predicted octanol–water partition coefficient (Wildman–Crippen LogP) is 3.83. The van der Waals surface area contributed by atoms with Crippen molar-refractivity contribution in [3.63, 3.8) is 0 Å². The third-order valence-electron chi connectivity index (χ3n) is 3.22. The minimum absolute atomic E-state index is 0.0821. The van der Waals surface area contributed by atoms with Crippen LogP contribution in [0.25, 0.3) is 0 Å². The maximum Gasteiger partial charge on any atom is 0.408 e. The van der Waals surface area contributed by atoms with Gasteiger partial charge in [0.1, 0.15) is 5.60 Å². The molecule has 1 amide bonds. The monoisotopic (exact) mass is 281 g/mol. The van der Waals surface area contributed by atoms with Crippen molar-refractivity contribution in [3.8, 4) is 0 Å². The molecule has 0 aliphatic rings. The average Bonchev–Trinajstić information content (AvgIpc) is 2.81. The van der Waals surface area contributed by atoms with Crippen LogP contribution >= 0.6 is 0 Å². The van der Waals surface area contributed by atoms with Crippen molar-refractivity contribution in [2.45, 2.75) is 72.1 Å². The number of nitrogens with one attached hydrogen (secondary N) is 1. The van der Waals surface area contributed by atoms with Crippen LogP contribution < -0.4 is 5.32 Å². The second-order valence-electron chi connectivity index (χ2n) is 6.09. The highest BCUT2D eigenvalue weighted by atomic mass is 16.6. The van der Waals surface area contributed by atoms with E-state index in [1.54, 1.807) is 0 Å². The quantitative estimate of drug-likeness (QED) is 0.892. The largest absolute Gasteiger partial charge is 0.444 e. The summed E-state index contributed by atoms with van der Waals surface area (Å²) in [5, 5.41) is 2.92. The summed E-state index contributed by atoms with van der Waals surface area (Å²) >= 11 is 0. The minimum atomic E-state index is -0.487. The molecule has 5 heteroatoms. The van der Waals surface area contributed by atoms with Crippen molar-refractivity contribution >= 4 is 6.09 Å². The van der Waals surface area contributed by atoms with Gasteiger partial charge in [0.15, 0.2) is 0 Å². The summed E-state index contributed by atoms with van der Waals surface area (Å²) in [6.07, 6.45) is 5.06. The highest BCUT2D eigenvalue weighted by Crippen LogP contribution is 2.22. The summed E-state index contributed by atoms with van der Waals surface area (Å²) in [5.41, 5.74) is 0.534. The van der Waals surface area contributed by atoms with Gasteiger partial charge in [-0.05, 0) is 40.5 Å². The molecule has 0 saturated heterocycles. The number of rotatable bonds is 5. The second kappa shape index (κ2) is 6.77. The van der Waals surface area contributed by atoms with Crippen LogP contribution in [0.4, 0.5) is 4.79 Å². The van der Waals surface area contributed by atoms with Crippen molar-refractivity contribution in [3.05, 3.63) is 18.2 Å². The van der Waals surface area contributed by atoms with E-state index in [0.29, 0.717) is 6.04 Å². The summed E-state index contributed by atoms with van der Waals surface area (Å²) in [6.45, 7) is 11.9. The average molecular weight is 281 g/mol. The number of nitrogens with zero attached hydrogens (tertiary/aromatic N) is 2. The fourth-order valence-corrected chi connectivity index (χ4v) is 1.98. The van der Waals surface area contributed by atoms with E-state index in [2.05, 4.69) is 28.7 Å². The molecule has 1 N–H and O–H groups in total. The third-order valence-corrected chi connectivity index (χ3v) is 3.22. The molecule has 0 aliphatic carbocycles. The van der Waals surface area contributed by atoms with Crippen LogP contribution in [0.2, 0.25) is 0 Å². The normalized spacial score (nSPS) is 14.7. The van der Waals surface area contributed by atoms with Crippen LogP contribution in [0.1, 0.15) is 72.2 Å². The summed E-state index contributed by atoms with van der Waals surface area (Å²) in [4.78, 5) is 16.1. The fraction of sp³-hybridized carbons (Fsp3) is 0.733. The van der Waals surface area contributed by atoms with Gasteiger partial charge in [-0.15, -0.1) is 0 Å². The lowest BCUT2D eigenvalue weighted by Gasteiger charge is -2.25. The molecule has 0 spiro atoms. The molecule has 0 radical (unpaired) electrons. The maximum atomic E-state index is 11.9. The zero-order valence-corrected chi connectivity index (χ0v) is 13.4. The first-order valence-corrected chi connectivity index (χ1v) is 7.29. The molecule has 5 nitrogen and oxygen atoms in total. The molecular weight excluding hydrogens is 254 g/mol. The van der Waals surface area contributed by atoms with Crippen LogP contribution in [-0.2, 0) is 4.74 Å². The molecule has 1 rings (SSSR count). The van der Waals surface area contributed by atoms with E-state index in [0.717, 1.165) is 18.5 Å². The van der Waals surface area contributed by atoms with Gasteiger partial charge < -0.3 is 14.6 Å². The Morgan fingerprint density at radius 1 is 1.40 bits per heavy atom. The number of hydrogen-bond acceptors (Lipinski definition) is 3. The van der Waals surface area contributed by atoms with Crippen molar-refractivity contribution in [2.24, 2.45) is 0 Å². The number of aromatic nitrogens is 2. The molecule has 0 aliphatic heterocycles. The Morgan fingerprint density at radius 3 is 2.55 bits per heavy atom. The molecule has 0 aromatic carbocycles. The molecular formula is C15H27N3O2. The van der Waals surface area contributed by atoms with Gasteiger partial charge in [0, 0.05) is 6.04 Å². The Hall–Kier alpha value is -1.52. The van der Waals surface area contributed by atoms with E-state index < -0.39 is 5.60 Å². The van der Waals surface area contributed by atoms with Gasteiger partial charge in [-0.25, -0.2) is 9.78 Å².